The summed E-state index contributed by atoms with van der Waals surface area (Å²) in [6.07, 6.45) is 0. The van der Waals surface area contributed by atoms with E-state index in [0.717, 1.165) is 0 Å². The van der Waals surface area contributed by atoms with Crippen LogP contribution in [0.25, 0.3) is 75.5 Å². The number of hydrogen-bond acceptors (Lipinski definition) is 1. The van der Waals surface area contributed by atoms with E-state index in [0.29, 0.717) is 0 Å². The Labute approximate surface area is 285 Å². The van der Waals surface area contributed by atoms with Crippen LogP contribution >= 0.6 is 19.3 Å². The molecule has 0 N–H and O–H groups in total. The molecule has 0 amide bonds. The van der Waals surface area contributed by atoms with E-state index < -0.39 is 7.92 Å². The highest BCUT2D eigenvalue weighted by molar-refractivity contribution is 7.79. The monoisotopic (exact) mass is 645 g/mol. The molecule has 0 saturated heterocycles. The van der Waals surface area contributed by atoms with Gasteiger partial charge in [-0.3, -0.25) is 0 Å². The van der Waals surface area contributed by atoms with Crippen molar-refractivity contribution in [2.45, 2.75) is 0 Å². The van der Waals surface area contributed by atoms with Crippen molar-refractivity contribution in [3.63, 3.8) is 0 Å². The number of benzene rings is 8. The maximum atomic E-state index is 2.53. The Morgan fingerprint density at radius 3 is 1.52 bits per heavy atom. The van der Waals surface area contributed by atoms with Gasteiger partial charge in [-0.15, -0.1) is 11.3 Å². The summed E-state index contributed by atoms with van der Waals surface area (Å²) in [4.78, 5) is 0. The zero-order valence-corrected chi connectivity index (χ0v) is 28.0. The van der Waals surface area contributed by atoms with Crippen LogP contribution in [0.2, 0.25) is 0 Å². The summed E-state index contributed by atoms with van der Waals surface area (Å²) in [7, 11) is -1.37. The molecule has 1 aromatic heterocycles. The van der Waals surface area contributed by atoms with Gasteiger partial charge in [0, 0.05) is 20.2 Å². The van der Waals surface area contributed by atoms with Crippen molar-refractivity contribution in [2.24, 2.45) is 0 Å². The summed E-state index contributed by atoms with van der Waals surface area (Å²) in [6, 6.07) is 65.6. The molecule has 0 atom stereocenters. The standard InChI is InChI=1S/C46H29PS/c1-3-12-30(13-4-1)32-16-9-18-34(26-32)47(35-19-10-17-33(27-35)31-14-5-2-6-15-31)36-24-25-43-42(28-36)46-40-23-11-22-39-37-20-7-8-21-38(37)41(45(39)40)29-44(46)48-43/h1-29H/p+1. The second kappa shape index (κ2) is 11.1. The first-order valence-corrected chi connectivity index (χ1v) is 18.8. The van der Waals surface area contributed by atoms with Crippen LogP contribution in [0.15, 0.2) is 176 Å². The van der Waals surface area contributed by atoms with Gasteiger partial charge in [-0.2, -0.15) is 0 Å². The van der Waals surface area contributed by atoms with Gasteiger partial charge >= 0.3 is 0 Å². The van der Waals surface area contributed by atoms with Gasteiger partial charge in [0.05, 0.1) is 7.92 Å². The van der Waals surface area contributed by atoms with Crippen molar-refractivity contribution >= 4 is 66.1 Å². The summed E-state index contributed by atoms with van der Waals surface area (Å²) < 4.78 is 2.72. The molecule has 0 radical (unpaired) electrons. The van der Waals surface area contributed by atoms with Gasteiger partial charge in [0.2, 0.25) is 0 Å². The van der Waals surface area contributed by atoms with E-state index in [2.05, 4.69) is 176 Å². The lowest BCUT2D eigenvalue weighted by Gasteiger charge is -2.14. The van der Waals surface area contributed by atoms with Gasteiger partial charge in [-0.05, 0) is 104 Å². The first kappa shape index (κ1) is 27.8. The SMILES string of the molecule is c1ccc(-c2cccc([PH+](c3cccc(-c4ccccc4)c3)c3ccc4sc5cc6c7c(cccc7c5c4c3)-c3ccccc3-6)c2)cc1. The second-order valence-corrected chi connectivity index (χ2v) is 16.2. The quantitative estimate of drug-likeness (QED) is 0.163. The van der Waals surface area contributed by atoms with Gasteiger partial charge in [-0.1, -0.05) is 127 Å². The van der Waals surface area contributed by atoms with Crippen molar-refractivity contribution in [1.29, 1.82) is 0 Å². The molecule has 0 saturated carbocycles. The van der Waals surface area contributed by atoms with E-state index in [-0.39, 0.29) is 0 Å². The average Bonchev–Trinajstić information content (AvgIpc) is 3.69. The third kappa shape index (κ3) is 4.40. The Balaban J connectivity index is 1.21. The average molecular weight is 646 g/mol. The second-order valence-electron chi connectivity index (χ2n) is 12.7. The summed E-state index contributed by atoms with van der Waals surface area (Å²) in [5, 5.41) is 9.73. The molecule has 10 rings (SSSR count). The van der Waals surface area contributed by atoms with E-state index >= 15 is 0 Å². The molecule has 1 heterocycles. The van der Waals surface area contributed by atoms with Gasteiger partial charge in [0.1, 0.15) is 15.9 Å². The lowest BCUT2D eigenvalue weighted by atomic mass is 9.98. The molecule has 48 heavy (non-hydrogen) atoms. The lowest BCUT2D eigenvalue weighted by Crippen LogP contribution is -2.21. The van der Waals surface area contributed by atoms with E-state index in [1.54, 1.807) is 0 Å². The highest BCUT2D eigenvalue weighted by Gasteiger charge is 2.29. The van der Waals surface area contributed by atoms with E-state index in [1.165, 1.54) is 91.4 Å². The number of thiophene rings is 1. The Morgan fingerprint density at radius 2 is 0.854 bits per heavy atom. The molecule has 0 nitrogen and oxygen atoms in total. The Hall–Kier alpha value is -5.33. The molecule has 0 unspecified atom stereocenters. The fraction of sp³-hybridized carbons (Fsp3) is 0. The topological polar surface area (TPSA) is 0 Å². The highest BCUT2D eigenvalue weighted by atomic mass is 32.1. The molecule has 0 spiro atoms. The molecule has 8 aromatic carbocycles. The Bertz CT molecular complexity index is 2590. The van der Waals surface area contributed by atoms with Crippen LogP contribution in [0, 0.1) is 0 Å². The molecule has 9 aromatic rings. The van der Waals surface area contributed by atoms with Crippen molar-refractivity contribution in [3.8, 4) is 44.5 Å². The van der Waals surface area contributed by atoms with Gasteiger partial charge in [0.25, 0.3) is 0 Å². The third-order valence-electron chi connectivity index (χ3n) is 9.91. The molecular formula is C46H30PS+. The van der Waals surface area contributed by atoms with Crippen LogP contribution in [0.5, 0.6) is 0 Å². The van der Waals surface area contributed by atoms with Crippen LogP contribution in [0.3, 0.4) is 0 Å². The first-order chi connectivity index (χ1) is 23.8. The minimum atomic E-state index is -1.37. The molecule has 1 aliphatic rings. The first-order valence-electron chi connectivity index (χ1n) is 16.5. The highest BCUT2D eigenvalue weighted by Crippen LogP contribution is 2.52. The minimum absolute atomic E-state index is 1.25. The van der Waals surface area contributed by atoms with E-state index in [9.17, 15) is 0 Å². The van der Waals surface area contributed by atoms with Crippen LogP contribution in [-0.4, -0.2) is 0 Å². The van der Waals surface area contributed by atoms with E-state index in [1.807, 2.05) is 11.3 Å². The molecule has 224 valence electrons. The molecule has 0 aliphatic heterocycles. The maximum Gasteiger partial charge on any atom is 0.103 e. The van der Waals surface area contributed by atoms with Gasteiger partial charge < -0.3 is 0 Å². The third-order valence-corrected chi connectivity index (χ3v) is 13.7. The summed E-state index contributed by atoms with van der Waals surface area (Å²) in [5.41, 5.74) is 10.5. The fourth-order valence-corrected chi connectivity index (χ4v) is 11.6. The summed E-state index contributed by atoms with van der Waals surface area (Å²) in [5.74, 6) is 0. The van der Waals surface area contributed by atoms with Crippen molar-refractivity contribution in [1.82, 2.24) is 0 Å². The molecule has 0 fully saturated rings. The molecular weight excluding hydrogens is 616 g/mol. The minimum Gasteiger partial charge on any atom is -0.135 e. The Morgan fingerprint density at radius 1 is 0.312 bits per heavy atom. The largest absolute Gasteiger partial charge is 0.135 e. The predicted molar refractivity (Wildman–Crippen MR) is 212 cm³/mol. The molecule has 0 bridgehead atoms. The van der Waals surface area contributed by atoms with Gasteiger partial charge in [0.15, 0.2) is 0 Å². The molecule has 1 aliphatic carbocycles. The summed E-state index contributed by atoms with van der Waals surface area (Å²) in [6.45, 7) is 0. The Kier molecular flexibility index (Phi) is 6.44. The fourth-order valence-electron chi connectivity index (χ4n) is 7.77. The number of fused-ring (bicyclic) bond motifs is 7. The molecule has 2 heteroatoms. The number of rotatable bonds is 5. The van der Waals surface area contributed by atoms with Crippen LogP contribution < -0.4 is 15.9 Å². The lowest BCUT2D eigenvalue weighted by molar-refractivity contribution is 1.63. The van der Waals surface area contributed by atoms with Gasteiger partial charge in [-0.25, -0.2) is 0 Å². The van der Waals surface area contributed by atoms with Crippen LogP contribution in [-0.2, 0) is 0 Å². The van der Waals surface area contributed by atoms with Crippen molar-refractivity contribution < 1.29 is 0 Å². The zero-order chi connectivity index (χ0) is 31.6. The normalized spacial score (nSPS) is 11.9. The van der Waals surface area contributed by atoms with Crippen molar-refractivity contribution in [2.75, 3.05) is 0 Å². The number of hydrogen-bond donors (Lipinski definition) is 0. The van der Waals surface area contributed by atoms with Crippen LogP contribution in [0.4, 0.5) is 0 Å². The predicted octanol–water partition coefficient (Wildman–Crippen LogP) is 11.7. The van der Waals surface area contributed by atoms with Crippen molar-refractivity contribution in [3.05, 3.63) is 176 Å². The maximum absolute atomic E-state index is 2.53. The summed E-state index contributed by atoms with van der Waals surface area (Å²) >= 11 is 1.93. The zero-order valence-electron chi connectivity index (χ0n) is 26.2. The smallest absolute Gasteiger partial charge is 0.103 e. The van der Waals surface area contributed by atoms with E-state index in [4.69, 9.17) is 0 Å². The van der Waals surface area contributed by atoms with Crippen LogP contribution in [0.1, 0.15) is 0 Å².